The molecule has 0 aliphatic heterocycles. The number of hydrogen-bond acceptors (Lipinski definition) is 6. The van der Waals surface area contributed by atoms with Gasteiger partial charge in [0.05, 0.1) is 19.0 Å². The molecule has 0 radical (unpaired) electrons. The summed E-state index contributed by atoms with van der Waals surface area (Å²) in [4.78, 5) is 15.7. The fourth-order valence-corrected chi connectivity index (χ4v) is 1.23. The minimum absolute atomic E-state index is 0.181. The van der Waals surface area contributed by atoms with E-state index in [1.807, 2.05) is 0 Å². The van der Waals surface area contributed by atoms with Crippen molar-refractivity contribution in [2.24, 2.45) is 0 Å². The Bertz CT molecular complexity index is 538. The molecule has 0 saturated heterocycles. The van der Waals surface area contributed by atoms with Crippen molar-refractivity contribution in [3.63, 3.8) is 0 Å². The highest BCUT2D eigenvalue weighted by Crippen LogP contribution is 2.11. The van der Waals surface area contributed by atoms with Gasteiger partial charge in [-0.1, -0.05) is 0 Å². The second-order valence-electron chi connectivity index (χ2n) is 3.39. The molecule has 7 nitrogen and oxygen atoms in total. The highest BCUT2D eigenvalue weighted by Gasteiger charge is 2.08. The van der Waals surface area contributed by atoms with E-state index in [0.29, 0.717) is 11.6 Å². The number of pyridine rings is 1. The third-order valence-corrected chi connectivity index (χ3v) is 2.12. The van der Waals surface area contributed by atoms with Crippen molar-refractivity contribution >= 4 is 17.4 Å². The number of amides is 1. The third kappa shape index (κ3) is 2.70. The largest absolute Gasteiger partial charge is 0.481 e. The first-order valence-corrected chi connectivity index (χ1v) is 5.09. The molecular weight excluding hydrogens is 234 g/mol. The van der Waals surface area contributed by atoms with Crippen LogP contribution in [0.5, 0.6) is 5.88 Å². The van der Waals surface area contributed by atoms with Crippen LogP contribution in [0.15, 0.2) is 30.5 Å². The number of carbonyl (C=O) groups is 1. The minimum atomic E-state index is -0.380. The fraction of sp³-hybridized carbons (Fsp3) is 0.0909. The molecule has 18 heavy (non-hydrogen) atoms. The molecular formula is C11H11N5O2. The lowest BCUT2D eigenvalue weighted by Gasteiger charge is -2.04. The number of aromatic nitrogens is 3. The van der Waals surface area contributed by atoms with Gasteiger partial charge in [-0.25, -0.2) is 4.98 Å². The Morgan fingerprint density at radius 3 is 2.67 bits per heavy atom. The third-order valence-electron chi connectivity index (χ3n) is 2.12. The number of nitrogen functional groups attached to an aromatic ring is 1. The number of nitrogens with one attached hydrogen (secondary N) is 1. The molecule has 0 bridgehead atoms. The van der Waals surface area contributed by atoms with Crippen LogP contribution in [0.25, 0.3) is 0 Å². The zero-order valence-electron chi connectivity index (χ0n) is 9.62. The molecule has 1 amide bonds. The SMILES string of the molecule is COc1ccc(NC(=O)c2ccc(N)nn2)cn1. The Morgan fingerprint density at radius 2 is 2.11 bits per heavy atom. The van der Waals surface area contributed by atoms with E-state index < -0.39 is 0 Å². The molecule has 2 rings (SSSR count). The summed E-state index contributed by atoms with van der Waals surface area (Å²) in [6.45, 7) is 0. The van der Waals surface area contributed by atoms with Crippen LogP contribution < -0.4 is 15.8 Å². The van der Waals surface area contributed by atoms with Crippen molar-refractivity contribution in [3.05, 3.63) is 36.2 Å². The Kier molecular flexibility index (Phi) is 3.33. The minimum Gasteiger partial charge on any atom is -0.481 e. The number of rotatable bonds is 3. The van der Waals surface area contributed by atoms with Crippen molar-refractivity contribution < 1.29 is 9.53 Å². The summed E-state index contributed by atoms with van der Waals surface area (Å²) < 4.78 is 4.91. The van der Waals surface area contributed by atoms with Gasteiger partial charge in [0.1, 0.15) is 5.82 Å². The predicted molar refractivity (Wildman–Crippen MR) is 65.2 cm³/mol. The van der Waals surface area contributed by atoms with E-state index in [1.54, 1.807) is 12.1 Å². The summed E-state index contributed by atoms with van der Waals surface area (Å²) in [7, 11) is 1.52. The maximum absolute atomic E-state index is 11.8. The summed E-state index contributed by atoms with van der Waals surface area (Å²) in [5.74, 6) is 0.354. The summed E-state index contributed by atoms with van der Waals surface area (Å²) in [5.41, 5.74) is 6.10. The predicted octanol–water partition coefficient (Wildman–Crippen LogP) is 0.715. The molecule has 2 aromatic rings. The van der Waals surface area contributed by atoms with Crippen molar-refractivity contribution in [2.75, 3.05) is 18.2 Å². The van der Waals surface area contributed by atoms with E-state index in [1.165, 1.54) is 25.4 Å². The first kappa shape index (κ1) is 11.8. The zero-order valence-corrected chi connectivity index (χ0v) is 9.62. The smallest absolute Gasteiger partial charge is 0.276 e. The molecule has 0 spiro atoms. The van der Waals surface area contributed by atoms with Crippen LogP contribution in [-0.4, -0.2) is 28.2 Å². The van der Waals surface area contributed by atoms with Gasteiger partial charge in [-0.05, 0) is 18.2 Å². The van der Waals surface area contributed by atoms with Gasteiger partial charge in [-0.3, -0.25) is 4.79 Å². The van der Waals surface area contributed by atoms with Crippen molar-refractivity contribution in [1.29, 1.82) is 0 Å². The van der Waals surface area contributed by atoms with Crippen molar-refractivity contribution in [3.8, 4) is 5.88 Å². The molecule has 0 saturated carbocycles. The average Bonchev–Trinajstić information content (AvgIpc) is 2.40. The Morgan fingerprint density at radius 1 is 1.28 bits per heavy atom. The van der Waals surface area contributed by atoms with Crippen molar-refractivity contribution in [2.45, 2.75) is 0 Å². The van der Waals surface area contributed by atoms with Gasteiger partial charge in [-0.15, -0.1) is 10.2 Å². The molecule has 3 N–H and O–H groups in total. The molecule has 2 heterocycles. The molecule has 2 aromatic heterocycles. The molecule has 0 fully saturated rings. The van der Waals surface area contributed by atoms with E-state index in [2.05, 4.69) is 20.5 Å². The number of hydrogen-bond donors (Lipinski definition) is 2. The Labute approximate surface area is 103 Å². The van der Waals surface area contributed by atoms with Crippen LogP contribution in [0.1, 0.15) is 10.5 Å². The Balaban J connectivity index is 2.08. The van der Waals surface area contributed by atoms with Gasteiger partial charge < -0.3 is 15.8 Å². The van der Waals surface area contributed by atoms with E-state index in [9.17, 15) is 4.79 Å². The first-order valence-electron chi connectivity index (χ1n) is 5.09. The summed E-state index contributed by atoms with van der Waals surface area (Å²) in [5, 5.41) is 9.91. The van der Waals surface area contributed by atoms with Gasteiger partial charge in [0.15, 0.2) is 5.69 Å². The fourth-order valence-electron chi connectivity index (χ4n) is 1.23. The van der Waals surface area contributed by atoms with Gasteiger partial charge in [0.2, 0.25) is 5.88 Å². The van der Waals surface area contributed by atoms with Gasteiger partial charge in [0, 0.05) is 6.07 Å². The maximum Gasteiger partial charge on any atom is 0.276 e. The summed E-state index contributed by atoms with van der Waals surface area (Å²) in [6, 6.07) is 6.32. The number of ether oxygens (including phenoxy) is 1. The second-order valence-corrected chi connectivity index (χ2v) is 3.39. The van der Waals surface area contributed by atoms with Crippen LogP contribution in [-0.2, 0) is 0 Å². The maximum atomic E-state index is 11.8. The van der Waals surface area contributed by atoms with Gasteiger partial charge >= 0.3 is 0 Å². The number of carbonyl (C=O) groups excluding carboxylic acids is 1. The van der Waals surface area contributed by atoms with E-state index in [-0.39, 0.29) is 17.4 Å². The molecule has 0 unspecified atom stereocenters. The average molecular weight is 245 g/mol. The van der Waals surface area contributed by atoms with Crippen molar-refractivity contribution in [1.82, 2.24) is 15.2 Å². The van der Waals surface area contributed by atoms with E-state index in [0.717, 1.165) is 0 Å². The normalized spacial score (nSPS) is 9.83. The van der Waals surface area contributed by atoms with Gasteiger partial charge in [0.25, 0.3) is 5.91 Å². The lowest BCUT2D eigenvalue weighted by molar-refractivity contribution is 0.102. The van der Waals surface area contributed by atoms with E-state index >= 15 is 0 Å². The van der Waals surface area contributed by atoms with Crippen LogP contribution in [0, 0.1) is 0 Å². The number of nitrogens with two attached hydrogens (primary N) is 1. The molecule has 0 aliphatic carbocycles. The lowest BCUT2D eigenvalue weighted by Crippen LogP contribution is -2.14. The molecule has 7 heteroatoms. The standard InChI is InChI=1S/C11H11N5O2/c1-18-10-5-2-7(6-13-10)14-11(17)8-3-4-9(12)16-15-8/h2-6H,1H3,(H2,12,16)(H,14,17). The quantitative estimate of drug-likeness (QED) is 0.825. The molecule has 0 aromatic carbocycles. The highest BCUT2D eigenvalue weighted by atomic mass is 16.5. The summed E-state index contributed by atoms with van der Waals surface area (Å²) in [6.07, 6.45) is 1.49. The monoisotopic (exact) mass is 245 g/mol. The second kappa shape index (κ2) is 5.09. The van der Waals surface area contributed by atoms with Crippen LogP contribution >= 0.6 is 0 Å². The number of methoxy groups -OCH3 is 1. The van der Waals surface area contributed by atoms with Crippen LogP contribution in [0.2, 0.25) is 0 Å². The van der Waals surface area contributed by atoms with Gasteiger partial charge in [-0.2, -0.15) is 0 Å². The van der Waals surface area contributed by atoms with Crippen LogP contribution in [0.4, 0.5) is 11.5 Å². The van der Waals surface area contributed by atoms with E-state index in [4.69, 9.17) is 10.5 Å². The molecule has 92 valence electrons. The van der Waals surface area contributed by atoms with Crippen LogP contribution in [0.3, 0.4) is 0 Å². The number of anilines is 2. The first-order chi connectivity index (χ1) is 8.69. The molecule has 0 aliphatic rings. The lowest BCUT2D eigenvalue weighted by atomic mass is 10.3. The highest BCUT2D eigenvalue weighted by molar-refractivity contribution is 6.02. The number of nitrogens with zero attached hydrogens (tertiary/aromatic N) is 3. The zero-order chi connectivity index (χ0) is 13.0. The topological polar surface area (TPSA) is 103 Å². The Hall–Kier alpha value is -2.70. The summed E-state index contributed by atoms with van der Waals surface area (Å²) >= 11 is 0. The molecule has 0 atom stereocenters.